The second-order valence-electron chi connectivity index (χ2n) is 4.33. The molecule has 0 radical (unpaired) electrons. The third kappa shape index (κ3) is 2.33. The van der Waals surface area contributed by atoms with Gasteiger partial charge in [-0.25, -0.2) is 0 Å². The van der Waals surface area contributed by atoms with Crippen molar-refractivity contribution in [2.24, 2.45) is 0 Å². The minimum absolute atomic E-state index is 0.124. The van der Waals surface area contributed by atoms with Crippen LogP contribution in [0.4, 0.5) is 0 Å². The maximum absolute atomic E-state index is 9.11. The Morgan fingerprint density at radius 2 is 2.17 bits per heavy atom. The van der Waals surface area contributed by atoms with E-state index in [2.05, 4.69) is 13.1 Å². The summed E-state index contributed by atoms with van der Waals surface area (Å²) in [5, 5.41) is 10.9. The first-order valence-corrected chi connectivity index (χ1v) is 6.55. The summed E-state index contributed by atoms with van der Waals surface area (Å²) >= 11 is 6.16. The fourth-order valence-electron chi connectivity index (χ4n) is 2.28. The minimum atomic E-state index is 0.124. The molecule has 0 atom stereocenters. The molecule has 18 heavy (non-hydrogen) atoms. The van der Waals surface area contributed by atoms with Crippen molar-refractivity contribution in [3.05, 3.63) is 28.9 Å². The van der Waals surface area contributed by atoms with Gasteiger partial charge >= 0.3 is 0 Å². The van der Waals surface area contributed by atoms with Crippen molar-refractivity contribution in [2.75, 3.05) is 13.7 Å². The standard InChI is InChI=1S/C14H18ClNO2/c1-3-4-10-9-16(5-6-17)13-8-12(15)14(18-2)7-11(10)13/h7-9,17H,3-6H2,1-2H3. The lowest BCUT2D eigenvalue weighted by Gasteiger charge is -2.06. The van der Waals surface area contributed by atoms with Gasteiger partial charge in [0.1, 0.15) is 5.75 Å². The number of ether oxygens (including phenoxy) is 1. The van der Waals surface area contributed by atoms with Gasteiger partial charge in [0, 0.05) is 18.1 Å². The van der Waals surface area contributed by atoms with Crippen LogP contribution in [0.25, 0.3) is 10.9 Å². The molecule has 1 aromatic heterocycles. The summed E-state index contributed by atoms with van der Waals surface area (Å²) in [6.07, 6.45) is 4.20. The van der Waals surface area contributed by atoms with Crippen LogP contribution in [0.1, 0.15) is 18.9 Å². The number of aryl methyl sites for hydroxylation is 1. The molecule has 0 saturated heterocycles. The highest BCUT2D eigenvalue weighted by atomic mass is 35.5. The molecule has 0 amide bonds. The Balaban J connectivity index is 2.62. The van der Waals surface area contributed by atoms with Gasteiger partial charge in [0.05, 0.1) is 24.3 Å². The molecule has 1 aromatic carbocycles. The van der Waals surface area contributed by atoms with Crippen molar-refractivity contribution < 1.29 is 9.84 Å². The molecular formula is C14H18ClNO2. The summed E-state index contributed by atoms with van der Waals surface area (Å²) < 4.78 is 7.31. The summed E-state index contributed by atoms with van der Waals surface area (Å²) in [4.78, 5) is 0. The normalized spacial score (nSPS) is 11.1. The van der Waals surface area contributed by atoms with Crippen LogP contribution in [0.2, 0.25) is 5.02 Å². The Labute approximate surface area is 112 Å². The van der Waals surface area contributed by atoms with Crippen LogP contribution in [0, 0.1) is 0 Å². The van der Waals surface area contributed by atoms with Gasteiger partial charge < -0.3 is 14.4 Å². The van der Waals surface area contributed by atoms with E-state index in [1.165, 1.54) is 5.56 Å². The largest absolute Gasteiger partial charge is 0.495 e. The van der Waals surface area contributed by atoms with Gasteiger partial charge in [0.25, 0.3) is 0 Å². The molecule has 2 rings (SSSR count). The summed E-state index contributed by atoms with van der Waals surface area (Å²) in [5.41, 5.74) is 2.33. The maximum Gasteiger partial charge on any atom is 0.138 e. The smallest absolute Gasteiger partial charge is 0.138 e. The average molecular weight is 268 g/mol. The lowest BCUT2D eigenvalue weighted by molar-refractivity contribution is 0.278. The predicted molar refractivity (Wildman–Crippen MR) is 74.6 cm³/mol. The van der Waals surface area contributed by atoms with Gasteiger partial charge in [-0.15, -0.1) is 0 Å². The van der Waals surface area contributed by atoms with Crippen molar-refractivity contribution in [3.63, 3.8) is 0 Å². The molecule has 0 saturated carbocycles. The second kappa shape index (κ2) is 5.63. The second-order valence-corrected chi connectivity index (χ2v) is 4.73. The van der Waals surface area contributed by atoms with Crippen molar-refractivity contribution in [1.82, 2.24) is 4.57 Å². The van der Waals surface area contributed by atoms with Crippen LogP contribution in [0.3, 0.4) is 0 Å². The maximum atomic E-state index is 9.11. The monoisotopic (exact) mass is 267 g/mol. The van der Waals surface area contributed by atoms with Crippen LogP contribution in [0.15, 0.2) is 18.3 Å². The van der Waals surface area contributed by atoms with Crippen molar-refractivity contribution in [3.8, 4) is 5.75 Å². The summed E-state index contributed by atoms with van der Waals surface area (Å²) in [7, 11) is 1.62. The number of fused-ring (bicyclic) bond motifs is 1. The molecule has 2 aromatic rings. The molecule has 0 aliphatic carbocycles. The van der Waals surface area contributed by atoms with E-state index in [0.717, 1.165) is 23.7 Å². The third-order valence-electron chi connectivity index (χ3n) is 3.10. The zero-order valence-corrected chi connectivity index (χ0v) is 11.5. The Morgan fingerprint density at radius 1 is 1.39 bits per heavy atom. The minimum Gasteiger partial charge on any atom is -0.495 e. The fraction of sp³-hybridized carbons (Fsp3) is 0.429. The van der Waals surface area contributed by atoms with Crippen LogP contribution in [-0.4, -0.2) is 23.4 Å². The van der Waals surface area contributed by atoms with Crippen LogP contribution >= 0.6 is 11.6 Å². The molecule has 98 valence electrons. The number of aromatic nitrogens is 1. The lowest BCUT2D eigenvalue weighted by Crippen LogP contribution is -2.00. The summed E-state index contributed by atoms with van der Waals surface area (Å²) in [6.45, 7) is 2.87. The molecular weight excluding hydrogens is 250 g/mol. The quantitative estimate of drug-likeness (QED) is 0.902. The van der Waals surface area contributed by atoms with Gasteiger partial charge in [-0.2, -0.15) is 0 Å². The number of hydrogen-bond acceptors (Lipinski definition) is 2. The predicted octanol–water partition coefficient (Wildman–Crippen LogP) is 3.25. The molecule has 0 spiro atoms. The number of halogens is 1. The lowest BCUT2D eigenvalue weighted by atomic mass is 10.1. The Bertz CT molecular complexity index is 548. The zero-order chi connectivity index (χ0) is 13.1. The molecule has 0 fully saturated rings. The highest BCUT2D eigenvalue weighted by Gasteiger charge is 2.11. The summed E-state index contributed by atoms with van der Waals surface area (Å²) in [5.74, 6) is 0.697. The van der Waals surface area contributed by atoms with Crippen molar-refractivity contribution in [1.29, 1.82) is 0 Å². The fourth-order valence-corrected chi connectivity index (χ4v) is 2.52. The molecule has 3 nitrogen and oxygen atoms in total. The SMILES string of the molecule is CCCc1cn(CCO)c2cc(Cl)c(OC)cc12. The first kappa shape index (κ1) is 13.2. The number of rotatable bonds is 5. The van der Waals surface area contributed by atoms with Gasteiger partial charge in [-0.1, -0.05) is 24.9 Å². The van der Waals surface area contributed by atoms with Crippen LogP contribution in [0.5, 0.6) is 5.75 Å². The number of hydrogen-bond donors (Lipinski definition) is 1. The van der Waals surface area contributed by atoms with E-state index in [9.17, 15) is 0 Å². The number of methoxy groups -OCH3 is 1. The number of benzene rings is 1. The topological polar surface area (TPSA) is 34.4 Å². The molecule has 4 heteroatoms. The number of aliphatic hydroxyl groups excluding tert-OH is 1. The van der Waals surface area contributed by atoms with Gasteiger partial charge in [0.15, 0.2) is 0 Å². The highest BCUT2D eigenvalue weighted by molar-refractivity contribution is 6.32. The van der Waals surface area contributed by atoms with E-state index < -0.39 is 0 Å². The van der Waals surface area contributed by atoms with E-state index in [-0.39, 0.29) is 6.61 Å². The van der Waals surface area contributed by atoms with Crippen molar-refractivity contribution >= 4 is 22.5 Å². The molecule has 0 bridgehead atoms. The van der Waals surface area contributed by atoms with Gasteiger partial charge in [-0.05, 0) is 24.1 Å². The molecule has 1 heterocycles. The average Bonchev–Trinajstić information content (AvgIpc) is 2.67. The highest BCUT2D eigenvalue weighted by Crippen LogP contribution is 2.33. The first-order chi connectivity index (χ1) is 8.71. The zero-order valence-electron chi connectivity index (χ0n) is 10.7. The third-order valence-corrected chi connectivity index (χ3v) is 3.39. The van der Waals surface area contributed by atoms with E-state index in [1.54, 1.807) is 7.11 Å². The number of aliphatic hydroxyl groups is 1. The van der Waals surface area contributed by atoms with E-state index in [1.807, 2.05) is 16.7 Å². The first-order valence-electron chi connectivity index (χ1n) is 6.17. The van der Waals surface area contributed by atoms with Gasteiger partial charge in [-0.3, -0.25) is 0 Å². The van der Waals surface area contributed by atoms with E-state index >= 15 is 0 Å². The van der Waals surface area contributed by atoms with Crippen LogP contribution < -0.4 is 4.74 Å². The summed E-state index contributed by atoms with van der Waals surface area (Å²) in [6, 6.07) is 3.89. The Kier molecular flexibility index (Phi) is 4.15. The molecule has 0 aliphatic rings. The van der Waals surface area contributed by atoms with Crippen LogP contribution in [-0.2, 0) is 13.0 Å². The molecule has 0 aliphatic heterocycles. The molecule has 0 unspecified atom stereocenters. The van der Waals surface area contributed by atoms with E-state index in [0.29, 0.717) is 17.3 Å². The number of nitrogens with zero attached hydrogens (tertiary/aromatic N) is 1. The van der Waals surface area contributed by atoms with Crippen molar-refractivity contribution in [2.45, 2.75) is 26.3 Å². The Hall–Kier alpha value is -1.19. The Morgan fingerprint density at radius 3 is 2.78 bits per heavy atom. The molecule has 1 N–H and O–H groups in total. The van der Waals surface area contributed by atoms with Gasteiger partial charge in [0.2, 0.25) is 0 Å². The van der Waals surface area contributed by atoms with E-state index in [4.69, 9.17) is 21.4 Å².